The van der Waals surface area contributed by atoms with E-state index in [0.717, 1.165) is 0 Å². The maximum absolute atomic E-state index is 13.6. The summed E-state index contributed by atoms with van der Waals surface area (Å²) in [6.45, 7) is 1.67. The summed E-state index contributed by atoms with van der Waals surface area (Å²) in [5.41, 5.74) is 1.74. The first kappa shape index (κ1) is 13.1. The number of carbonyl (C=O) groups is 1. The van der Waals surface area contributed by atoms with E-state index in [-0.39, 0.29) is 17.1 Å². The number of hydrogen-bond acceptors (Lipinski definition) is 2. The lowest BCUT2D eigenvalue weighted by molar-refractivity contribution is 0.0693. The van der Waals surface area contributed by atoms with E-state index < -0.39 is 5.97 Å². The molecule has 2 rings (SSSR count). The molecule has 0 saturated carbocycles. The van der Waals surface area contributed by atoms with Gasteiger partial charge in [0.05, 0.1) is 7.11 Å². The largest absolute Gasteiger partial charge is 0.495 e. The number of carboxylic acids is 1. The Kier molecular flexibility index (Phi) is 3.51. The lowest BCUT2D eigenvalue weighted by atomic mass is 10.00. The molecule has 0 aliphatic heterocycles. The highest BCUT2D eigenvalue weighted by Crippen LogP contribution is 2.33. The molecule has 1 N–H and O–H groups in total. The zero-order valence-electron chi connectivity index (χ0n) is 10.6. The summed E-state index contributed by atoms with van der Waals surface area (Å²) in [7, 11) is 1.40. The van der Waals surface area contributed by atoms with E-state index in [0.29, 0.717) is 16.7 Å². The van der Waals surface area contributed by atoms with E-state index in [2.05, 4.69) is 0 Å². The van der Waals surface area contributed by atoms with Crippen LogP contribution in [0.1, 0.15) is 15.9 Å². The van der Waals surface area contributed by atoms with Crippen molar-refractivity contribution in [2.45, 2.75) is 6.92 Å². The molecule has 0 radical (unpaired) electrons. The molecule has 0 amide bonds. The normalized spacial score (nSPS) is 10.3. The van der Waals surface area contributed by atoms with Gasteiger partial charge in [-0.3, -0.25) is 0 Å². The standard InChI is InChI=1S/C15H13FO3/c1-9-6-7-10(8-13(9)16)11-4-3-5-12(15(17)18)14(11)19-2/h3-8H,1-2H3,(H,17,18). The fourth-order valence-electron chi connectivity index (χ4n) is 1.91. The van der Waals surface area contributed by atoms with Gasteiger partial charge >= 0.3 is 5.97 Å². The van der Waals surface area contributed by atoms with E-state index in [4.69, 9.17) is 9.84 Å². The van der Waals surface area contributed by atoms with E-state index in [1.807, 2.05) is 0 Å². The molecule has 4 heteroatoms. The van der Waals surface area contributed by atoms with Crippen LogP contribution in [-0.4, -0.2) is 18.2 Å². The molecule has 0 aromatic heterocycles. The van der Waals surface area contributed by atoms with Crippen LogP contribution in [0.2, 0.25) is 0 Å². The van der Waals surface area contributed by atoms with Crippen molar-refractivity contribution in [3.63, 3.8) is 0 Å². The predicted octanol–water partition coefficient (Wildman–Crippen LogP) is 3.51. The number of carboxylic acid groups (broad SMARTS) is 1. The predicted molar refractivity (Wildman–Crippen MR) is 70.1 cm³/mol. The van der Waals surface area contributed by atoms with Crippen molar-refractivity contribution >= 4 is 5.97 Å². The molecule has 0 fully saturated rings. The molecular weight excluding hydrogens is 247 g/mol. The molecule has 0 heterocycles. The topological polar surface area (TPSA) is 46.5 Å². The van der Waals surface area contributed by atoms with Crippen LogP contribution in [0.3, 0.4) is 0 Å². The Morgan fingerprint density at radius 3 is 2.58 bits per heavy atom. The summed E-state index contributed by atoms with van der Waals surface area (Å²) in [6.07, 6.45) is 0. The Morgan fingerprint density at radius 2 is 2.00 bits per heavy atom. The van der Waals surface area contributed by atoms with Gasteiger partial charge in [0, 0.05) is 5.56 Å². The minimum atomic E-state index is -1.08. The summed E-state index contributed by atoms with van der Waals surface area (Å²) in [4.78, 5) is 11.1. The Balaban J connectivity index is 2.64. The second kappa shape index (κ2) is 5.10. The summed E-state index contributed by atoms with van der Waals surface area (Å²) in [6, 6.07) is 9.53. The Hall–Kier alpha value is -2.36. The SMILES string of the molecule is COc1c(C(=O)O)cccc1-c1ccc(C)c(F)c1. The fraction of sp³-hybridized carbons (Fsp3) is 0.133. The minimum absolute atomic E-state index is 0.0565. The molecule has 0 aliphatic rings. The van der Waals surface area contributed by atoms with E-state index >= 15 is 0 Å². The first-order valence-electron chi connectivity index (χ1n) is 5.71. The second-order valence-electron chi connectivity index (χ2n) is 4.16. The molecule has 0 atom stereocenters. The van der Waals surface area contributed by atoms with Gasteiger partial charge < -0.3 is 9.84 Å². The van der Waals surface area contributed by atoms with E-state index in [1.165, 1.54) is 19.2 Å². The summed E-state index contributed by atoms with van der Waals surface area (Å²) in [5, 5.41) is 9.11. The maximum atomic E-state index is 13.6. The lowest BCUT2D eigenvalue weighted by Crippen LogP contribution is -2.01. The van der Waals surface area contributed by atoms with Gasteiger partial charge in [-0.15, -0.1) is 0 Å². The highest BCUT2D eigenvalue weighted by atomic mass is 19.1. The van der Waals surface area contributed by atoms with Crippen LogP contribution in [0.5, 0.6) is 5.75 Å². The third kappa shape index (κ3) is 2.42. The highest BCUT2D eigenvalue weighted by molar-refractivity contribution is 5.94. The number of benzene rings is 2. The van der Waals surface area contributed by atoms with Gasteiger partial charge in [0.15, 0.2) is 0 Å². The lowest BCUT2D eigenvalue weighted by Gasteiger charge is -2.12. The van der Waals surface area contributed by atoms with Gasteiger partial charge in [0.1, 0.15) is 17.1 Å². The van der Waals surface area contributed by atoms with Gasteiger partial charge in [-0.1, -0.05) is 24.3 Å². The third-order valence-corrected chi connectivity index (χ3v) is 2.93. The number of halogens is 1. The molecule has 0 aliphatic carbocycles. The minimum Gasteiger partial charge on any atom is -0.495 e. The monoisotopic (exact) mass is 260 g/mol. The number of aromatic carboxylic acids is 1. The number of methoxy groups -OCH3 is 1. The highest BCUT2D eigenvalue weighted by Gasteiger charge is 2.16. The molecule has 2 aromatic rings. The van der Waals surface area contributed by atoms with Crippen LogP contribution >= 0.6 is 0 Å². The van der Waals surface area contributed by atoms with Crippen molar-refractivity contribution in [3.05, 3.63) is 53.3 Å². The third-order valence-electron chi connectivity index (χ3n) is 2.93. The molecule has 0 saturated heterocycles. The Bertz CT molecular complexity index is 635. The summed E-state index contributed by atoms with van der Waals surface area (Å²) in [5.74, 6) is -1.18. The number of hydrogen-bond donors (Lipinski definition) is 1. The number of para-hydroxylation sites is 1. The van der Waals surface area contributed by atoms with Gasteiger partial charge in [0.2, 0.25) is 0 Å². The maximum Gasteiger partial charge on any atom is 0.339 e. The Morgan fingerprint density at radius 1 is 1.26 bits per heavy atom. The first-order valence-corrected chi connectivity index (χ1v) is 5.71. The fourth-order valence-corrected chi connectivity index (χ4v) is 1.91. The van der Waals surface area contributed by atoms with Crippen LogP contribution in [0.25, 0.3) is 11.1 Å². The zero-order valence-corrected chi connectivity index (χ0v) is 10.6. The van der Waals surface area contributed by atoms with E-state index in [9.17, 15) is 9.18 Å². The molecule has 0 spiro atoms. The second-order valence-corrected chi connectivity index (χ2v) is 4.16. The van der Waals surface area contributed by atoms with Crippen LogP contribution in [0.4, 0.5) is 4.39 Å². The molecule has 0 unspecified atom stereocenters. The van der Waals surface area contributed by atoms with Crippen molar-refractivity contribution in [2.24, 2.45) is 0 Å². The average molecular weight is 260 g/mol. The number of aryl methyl sites for hydroxylation is 1. The van der Waals surface area contributed by atoms with E-state index in [1.54, 1.807) is 31.2 Å². The van der Waals surface area contributed by atoms with Crippen LogP contribution in [0, 0.1) is 12.7 Å². The molecule has 98 valence electrons. The first-order chi connectivity index (χ1) is 9.04. The van der Waals surface area contributed by atoms with Crippen molar-refractivity contribution in [1.29, 1.82) is 0 Å². The smallest absolute Gasteiger partial charge is 0.339 e. The number of rotatable bonds is 3. The molecule has 19 heavy (non-hydrogen) atoms. The van der Waals surface area contributed by atoms with Gasteiger partial charge in [-0.2, -0.15) is 0 Å². The molecule has 0 bridgehead atoms. The quantitative estimate of drug-likeness (QED) is 0.918. The van der Waals surface area contributed by atoms with Crippen LogP contribution < -0.4 is 4.74 Å². The van der Waals surface area contributed by atoms with Crippen LogP contribution in [0.15, 0.2) is 36.4 Å². The van der Waals surface area contributed by atoms with Gasteiger partial charge in [0.25, 0.3) is 0 Å². The van der Waals surface area contributed by atoms with Crippen molar-refractivity contribution in [1.82, 2.24) is 0 Å². The molecule has 3 nitrogen and oxygen atoms in total. The summed E-state index contributed by atoms with van der Waals surface area (Å²) >= 11 is 0. The Labute approximate surface area is 110 Å². The summed E-state index contributed by atoms with van der Waals surface area (Å²) < 4.78 is 18.8. The van der Waals surface area contributed by atoms with Crippen molar-refractivity contribution in [2.75, 3.05) is 7.11 Å². The zero-order chi connectivity index (χ0) is 14.0. The van der Waals surface area contributed by atoms with Gasteiger partial charge in [-0.05, 0) is 30.2 Å². The van der Waals surface area contributed by atoms with Crippen LogP contribution in [-0.2, 0) is 0 Å². The van der Waals surface area contributed by atoms with Crippen molar-refractivity contribution < 1.29 is 19.0 Å². The van der Waals surface area contributed by atoms with Crippen molar-refractivity contribution in [3.8, 4) is 16.9 Å². The molecular formula is C15H13FO3. The van der Waals surface area contributed by atoms with Gasteiger partial charge in [-0.25, -0.2) is 9.18 Å². The number of ether oxygens (including phenoxy) is 1. The average Bonchev–Trinajstić information content (AvgIpc) is 2.40. The molecule has 2 aromatic carbocycles.